The molecule has 116 valence electrons. The molecule has 0 unspecified atom stereocenters. The van der Waals surface area contributed by atoms with Crippen LogP contribution in [0.25, 0.3) is 0 Å². The summed E-state index contributed by atoms with van der Waals surface area (Å²) in [6, 6.07) is 0. The van der Waals surface area contributed by atoms with E-state index in [1.165, 1.54) is 12.8 Å². The first-order valence-electron chi connectivity index (χ1n) is 9.95. The summed E-state index contributed by atoms with van der Waals surface area (Å²) in [7, 11) is 0. The number of hydrogen-bond donors (Lipinski definition) is 0. The van der Waals surface area contributed by atoms with Crippen molar-refractivity contribution in [2.45, 2.75) is 94.8 Å². The number of rotatable bonds is 2. The second kappa shape index (κ2) is 5.50. The molecule has 1 spiro atoms. The molecule has 5 atom stereocenters. The molecule has 0 bridgehead atoms. The summed E-state index contributed by atoms with van der Waals surface area (Å²) in [6.45, 7) is 8.90. The summed E-state index contributed by atoms with van der Waals surface area (Å²) in [5.41, 5.74) is 0. The van der Waals surface area contributed by atoms with Crippen LogP contribution in [-0.4, -0.2) is 15.8 Å². The molecule has 3 aliphatic rings. The Bertz CT molecular complexity index is 469. The molecule has 0 aromatic carbocycles. The molecule has 3 fully saturated rings. The second-order valence-corrected chi connectivity index (χ2v) is 9.36. The molecule has 3 rings (SSSR count). The van der Waals surface area contributed by atoms with Crippen LogP contribution in [0.5, 0.6) is 0 Å². The van der Waals surface area contributed by atoms with E-state index in [1.54, 1.807) is 11.8 Å². The van der Waals surface area contributed by atoms with Crippen molar-refractivity contribution in [1.82, 2.24) is 0 Å². The van der Waals surface area contributed by atoms with Crippen LogP contribution in [-0.2, 0) is 4.74 Å². The van der Waals surface area contributed by atoms with Crippen molar-refractivity contribution >= 4 is 11.8 Å². The molecule has 1 aliphatic heterocycles. The van der Waals surface area contributed by atoms with Gasteiger partial charge in [-0.3, -0.25) is 0 Å². The molecule has 0 aromatic rings. The lowest BCUT2D eigenvalue weighted by molar-refractivity contribution is -0.121. The van der Waals surface area contributed by atoms with Gasteiger partial charge in [0.15, 0.2) is 0 Å². The van der Waals surface area contributed by atoms with Gasteiger partial charge in [-0.2, -0.15) is 0 Å². The van der Waals surface area contributed by atoms with Gasteiger partial charge in [-0.25, -0.2) is 0 Å². The van der Waals surface area contributed by atoms with Crippen molar-refractivity contribution in [1.29, 1.82) is 0 Å². The first-order valence-corrected chi connectivity index (χ1v) is 9.26. The van der Waals surface area contributed by atoms with Gasteiger partial charge >= 0.3 is 0 Å². The molecule has 2 heteroatoms. The number of thioether (sulfide) groups is 1. The average Bonchev–Trinajstić information content (AvgIpc) is 2.60. The number of ether oxygens (including phenoxy) is 1. The van der Waals surface area contributed by atoms with Gasteiger partial charge in [-0.1, -0.05) is 40.5 Å². The van der Waals surface area contributed by atoms with Crippen molar-refractivity contribution in [3.63, 3.8) is 0 Å². The summed E-state index contributed by atoms with van der Waals surface area (Å²) in [6.07, 6.45) is 4.84. The fourth-order valence-corrected chi connectivity index (χ4v) is 6.29. The first-order chi connectivity index (χ1) is 10.6. The van der Waals surface area contributed by atoms with Crippen molar-refractivity contribution in [2.75, 3.05) is 0 Å². The Kier molecular flexibility index (Phi) is 3.25. The third-order valence-corrected chi connectivity index (χ3v) is 7.12. The van der Waals surface area contributed by atoms with Crippen LogP contribution in [0.15, 0.2) is 0 Å². The van der Waals surface area contributed by atoms with Gasteiger partial charge in [0.2, 0.25) is 0 Å². The predicted octanol–water partition coefficient (Wildman–Crippen LogP) is 5.63. The molecular formula is C18H32OS. The van der Waals surface area contributed by atoms with Crippen LogP contribution in [0, 0.1) is 17.7 Å². The van der Waals surface area contributed by atoms with Gasteiger partial charge in [0.05, 0.1) is 6.10 Å². The summed E-state index contributed by atoms with van der Waals surface area (Å²) >= 11 is 1.65. The van der Waals surface area contributed by atoms with Gasteiger partial charge in [0, 0.05) is 8.86 Å². The topological polar surface area (TPSA) is 9.23 Å². The molecule has 2 aliphatic carbocycles. The maximum absolute atomic E-state index is 9.13. The zero-order valence-electron chi connectivity index (χ0n) is 16.5. The number of hydrogen-bond acceptors (Lipinski definition) is 2. The average molecular weight is 300 g/mol. The van der Waals surface area contributed by atoms with E-state index in [9.17, 15) is 0 Å². The highest BCUT2D eigenvalue weighted by molar-refractivity contribution is 8.01. The van der Waals surface area contributed by atoms with Crippen LogP contribution in [0.2, 0.25) is 0 Å². The Labute approximate surface area is 133 Å². The highest BCUT2D eigenvalue weighted by Gasteiger charge is 2.56. The zero-order valence-corrected chi connectivity index (χ0v) is 14.3. The monoisotopic (exact) mass is 299 g/mol. The third kappa shape index (κ3) is 2.56. The summed E-state index contributed by atoms with van der Waals surface area (Å²) in [4.78, 5) is -1.00. The first kappa shape index (κ1) is 11.8. The van der Waals surface area contributed by atoms with Crippen LogP contribution in [0.4, 0.5) is 0 Å². The van der Waals surface area contributed by atoms with Crippen LogP contribution < -0.4 is 0 Å². The molecule has 0 N–H and O–H groups in total. The Hall–Kier alpha value is 0.310. The predicted molar refractivity (Wildman–Crippen MR) is 88.0 cm³/mol. The standard InChI is InChI=1S/C18H32OS/c1-5-7-14-8-6-11-18(14)19-16-12-13(2)9-10-15(16)17(3,4)20-18/h13-16H,5-12H2,1-4H3/t13-,14-,15-,16+,18+/m1/s1/i11D2,14D. The van der Waals surface area contributed by atoms with E-state index in [0.717, 1.165) is 19.3 Å². The highest BCUT2D eigenvalue weighted by atomic mass is 32.2. The van der Waals surface area contributed by atoms with Gasteiger partial charge in [0.25, 0.3) is 0 Å². The summed E-state index contributed by atoms with van der Waals surface area (Å²) < 4.78 is 33.1. The van der Waals surface area contributed by atoms with Gasteiger partial charge in [-0.15, -0.1) is 11.8 Å². The Balaban J connectivity index is 2.02. The zero-order chi connectivity index (χ0) is 17.1. The maximum atomic E-state index is 9.13. The molecule has 20 heavy (non-hydrogen) atoms. The minimum atomic E-state index is -1.42. The Morgan fingerprint density at radius 2 is 2.15 bits per heavy atom. The fourth-order valence-electron chi connectivity index (χ4n) is 4.43. The molecule has 1 nitrogen and oxygen atoms in total. The molecule has 0 radical (unpaired) electrons. The summed E-state index contributed by atoms with van der Waals surface area (Å²) in [5.74, 6) is 0.320. The minimum Gasteiger partial charge on any atom is -0.360 e. The maximum Gasteiger partial charge on any atom is 0.117 e. The van der Waals surface area contributed by atoms with Crippen LogP contribution in [0.1, 0.15) is 83.1 Å². The van der Waals surface area contributed by atoms with Crippen LogP contribution >= 0.6 is 11.8 Å². The van der Waals surface area contributed by atoms with E-state index in [1.807, 2.05) is 0 Å². The summed E-state index contributed by atoms with van der Waals surface area (Å²) in [5, 5.41) is 0. The van der Waals surface area contributed by atoms with Crippen molar-refractivity contribution in [2.24, 2.45) is 17.7 Å². The SMILES string of the molecule is [2H]C1([2H])CC[C@@]([2H])(CCC)[C@]12O[C@H]1C[C@H](C)CC[C@H]1C(C)(C)S2. The van der Waals surface area contributed by atoms with Gasteiger partial charge < -0.3 is 4.74 Å². The molecule has 1 heterocycles. The van der Waals surface area contributed by atoms with E-state index < -0.39 is 17.2 Å². The molecular weight excluding hydrogens is 264 g/mol. The van der Waals surface area contributed by atoms with E-state index >= 15 is 0 Å². The van der Waals surface area contributed by atoms with Gasteiger partial charge in [-0.05, 0) is 56.2 Å². The van der Waals surface area contributed by atoms with Crippen molar-refractivity contribution in [3.05, 3.63) is 0 Å². The molecule has 1 saturated heterocycles. The highest BCUT2D eigenvalue weighted by Crippen LogP contribution is 2.61. The second-order valence-electron chi connectivity index (χ2n) is 7.53. The van der Waals surface area contributed by atoms with Gasteiger partial charge in [0.1, 0.15) is 4.93 Å². The van der Waals surface area contributed by atoms with E-state index in [-0.39, 0.29) is 10.9 Å². The van der Waals surface area contributed by atoms with E-state index in [4.69, 9.17) is 8.85 Å². The lowest BCUT2D eigenvalue weighted by atomic mass is 9.74. The fraction of sp³-hybridized carbons (Fsp3) is 1.00. The third-order valence-electron chi connectivity index (χ3n) is 5.47. The lowest BCUT2D eigenvalue weighted by Gasteiger charge is -2.56. The largest absolute Gasteiger partial charge is 0.360 e. The van der Waals surface area contributed by atoms with Crippen molar-refractivity contribution in [3.8, 4) is 0 Å². The normalized spacial score (nSPS) is 55.8. The smallest absolute Gasteiger partial charge is 0.117 e. The molecule has 0 aromatic heterocycles. The molecule has 2 saturated carbocycles. The lowest BCUT2D eigenvalue weighted by Crippen LogP contribution is -2.55. The quantitative estimate of drug-likeness (QED) is 0.653. The van der Waals surface area contributed by atoms with E-state index in [2.05, 4.69) is 27.7 Å². The minimum absolute atomic E-state index is 0.0270. The molecule has 0 amide bonds. The van der Waals surface area contributed by atoms with E-state index in [0.29, 0.717) is 24.7 Å². The number of fused-ring (bicyclic) bond motifs is 1. The van der Waals surface area contributed by atoms with Crippen molar-refractivity contribution < 1.29 is 8.85 Å². The van der Waals surface area contributed by atoms with Crippen LogP contribution in [0.3, 0.4) is 0 Å². The Morgan fingerprint density at radius 3 is 2.90 bits per heavy atom. The Morgan fingerprint density at radius 1 is 1.35 bits per heavy atom.